The second-order valence-electron chi connectivity index (χ2n) is 4.80. The first-order chi connectivity index (χ1) is 11.8. The van der Waals surface area contributed by atoms with Crippen LogP contribution in [0.1, 0.15) is 4.88 Å². The smallest absolute Gasteiger partial charge is 0.185 e. The van der Waals surface area contributed by atoms with Gasteiger partial charge in [-0.25, -0.2) is 24.5 Å². The fourth-order valence-electron chi connectivity index (χ4n) is 2.17. The predicted molar refractivity (Wildman–Crippen MR) is 88.0 cm³/mol. The van der Waals surface area contributed by atoms with Crippen LogP contribution in [-0.4, -0.2) is 29.5 Å². The maximum Gasteiger partial charge on any atom is 0.185 e. The molecule has 0 amide bonds. The molecular weight excluding hydrogens is 326 g/mol. The zero-order valence-corrected chi connectivity index (χ0v) is 13.0. The molecule has 0 aliphatic heterocycles. The molecule has 0 aliphatic rings. The molecule has 0 radical (unpaired) electrons. The summed E-state index contributed by atoms with van der Waals surface area (Å²) in [6.45, 7) is 0.305. The van der Waals surface area contributed by atoms with Crippen LogP contribution in [0, 0.1) is 0 Å². The van der Waals surface area contributed by atoms with Gasteiger partial charge in [0.25, 0.3) is 0 Å². The summed E-state index contributed by atoms with van der Waals surface area (Å²) < 4.78 is 1.69. The predicted octanol–water partition coefficient (Wildman–Crippen LogP) is 3.12. The monoisotopic (exact) mass is 335 g/mol. The summed E-state index contributed by atoms with van der Waals surface area (Å²) in [5.74, 6) is 0.566. The molecule has 0 atom stereocenters. The number of azide groups is 1. The molecule has 9 nitrogen and oxygen atoms in total. The molecule has 0 unspecified atom stereocenters. The highest BCUT2D eigenvalue weighted by Crippen LogP contribution is 2.26. The number of nitrogens with zero attached hydrogens (tertiary/aromatic N) is 9. The van der Waals surface area contributed by atoms with Crippen molar-refractivity contribution in [1.82, 2.24) is 29.5 Å². The Balaban J connectivity index is 1.70. The molecule has 0 N–H and O–H groups in total. The van der Waals surface area contributed by atoms with Gasteiger partial charge in [-0.1, -0.05) is 5.11 Å². The number of rotatable bonds is 4. The van der Waals surface area contributed by atoms with Crippen molar-refractivity contribution in [3.05, 3.63) is 58.6 Å². The van der Waals surface area contributed by atoms with Crippen LogP contribution in [-0.2, 0) is 6.54 Å². The largest absolute Gasteiger partial charge is 0.244 e. The normalized spacial score (nSPS) is 10.7. The van der Waals surface area contributed by atoms with E-state index >= 15 is 0 Å². The molecule has 0 aromatic carbocycles. The summed E-state index contributed by atoms with van der Waals surface area (Å²) >= 11 is 1.48. The topological polar surface area (TPSA) is 118 Å². The lowest BCUT2D eigenvalue weighted by molar-refractivity contribution is 0.964. The summed E-state index contributed by atoms with van der Waals surface area (Å²) in [7, 11) is 0. The van der Waals surface area contributed by atoms with Gasteiger partial charge >= 0.3 is 0 Å². The van der Waals surface area contributed by atoms with Crippen LogP contribution in [0.15, 0.2) is 48.4 Å². The Labute approximate surface area is 139 Å². The third-order valence-corrected chi connectivity index (χ3v) is 4.28. The number of aromatic nitrogens is 6. The van der Waals surface area contributed by atoms with Gasteiger partial charge in [0.1, 0.15) is 11.3 Å². The van der Waals surface area contributed by atoms with Crippen LogP contribution in [0.3, 0.4) is 0 Å². The van der Waals surface area contributed by atoms with Gasteiger partial charge in [0.2, 0.25) is 0 Å². The first kappa shape index (κ1) is 14.2. The minimum atomic E-state index is 0.305. The zero-order valence-electron chi connectivity index (χ0n) is 12.2. The van der Waals surface area contributed by atoms with Crippen molar-refractivity contribution in [2.24, 2.45) is 5.11 Å². The van der Waals surface area contributed by atoms with Crippen LogP contribution in [0.2, 0.25) is 0 Å². The molecule has 4 rings (SSSR count). The summed E-state index contributed by atoms with van der Waals surface area (Å²) in [6, 6.07) is 3.83. The fourth-order valence-corrected chi connectivity index (χ4v) is 2.99. The van der Waals surface area contributed by atoms with Crippen molar-refractivity contribution >= 4 is 17.0 Å². The maximum atomic E-state index is 8.38. The van der Waals surface area contributed by atoms with Gasteiger partial charge in [-0.05, 0) is 17.7 Å². The van der Waals surface area contributed by atoms with Crippen molar-refractivity contribution in [2.75, 3.05) is 0 Å². The van der Waals surface area contributed by atoms with Crippen molar-refractivity contribution in [3.63, 3.8) is 0 Å². The number of hydrogen-bond acceptors (Lipinski definition) is 7. The van der Waals surface area contributed by atoms with Gasteiger partial charge in [-0.2, -0.15) is 0 Å². The van der Waals surface area contributed by atoms with Crippen LogP contribution < -0.4 is 0 Å². The van der Waals surface area contributed by atoms with E-state index in [-0.39, 0.29) is 0 Å². The molecule has 4 aromatic rings. The van der Waals surface area contributed by atoms with Gasteiger partial charge in [0.15, 0.2) is 11.5 Å². The molecule has 0 bridgehead atoms. The van der Waals surface area contributed by atoms with Gasteiger partial charge in [-0.15, -0.1) is 16.4 Å². The molecule has 10 heteroatoms. The lowest BCUT2D eigenvalue weighted by Gasteiger charge is -1.96. The van der Waals surface area contributed by atoms with E-state index in [1.807, 2.05) is 18.3 Å². The van der Waals surface area contributed by atoms with Crippen molar-refractivity contribution in [3.8, 4) is 22.0 Å². The molecule has 0 saturated heterocycles. The molecule has 0 aliphatic carbocycles. The van der Waals surface area contributed by atoms with E-state index in [9.17, 15) is 0 Å². The van der Waals surface area contributed by atoms with Crippen molar-refractivity contribution < 1.29 is 0 Å². The standard InChI is InChI=1S/C14H9N9S/c15-22-19-7-11-6-18-14(24-11)9-1-2-23-12(3-9)20-13(21-23)10-4-16-8-17-5-10/h1-6,8H,7H2. The molecule has 0 fully saturated rings. The Morgan fingerprint density at radius 2 is 2.08 bits per heavy atom. The van der Waals surface area contributed by atoms with E-state index in [1.54, 1.807) is 23.1 Å². The maximum absolute atomic E-state index is 8.38. The SMILES string of the molecule is [N-]=[N+]=NCc1cnc(-c2ccn3nc(-c4cncnc4)nc3c2)s1. The summed E-state index contributed by atoms with van der Waals surface area (Å²) in [5.41, 5.74) is 10.8. The van der Waals surface area contributed by atoms with Crippen LogP contribution in [0.25, 0.3) is 38.0 Å². The Hall–Kier alpha value is -3.36. The average molecular weight is 335 g/mol. The molecule has 0 spiro atoms. The minimum Gasteiger partial charge on any atom is -0.244 e. The van der Waals surface area contributed by atoms with Crippen LogP contribution in [0.4, 0.5) is 0 Å². The van der Waals surface area contributed by atoms with E-state index in [2.05, 4.69) is 35.1 Å². The molecular formula is C14H9N9S. The van der Waals surface area contributed by atoms with Gasteiger partial charge in [0, 0.05) is 40.1 Å². The van der Waals surface area contributed by atoms with Gasteiger partial charge in [0.05, 0.1) is 12.1 Å². The summed E-state index contributed by atoms with van der Waals surface area (Å²) in [4.78, 5) is 20.5. The highest BCUT2D eigenvalue weighted by Gasteiger charge is 2.10. The zero-order chi connectivity index (χ0) is 16.4. The minimum absolute atomic E-state index is 0.305. The number of fused-ring (bicyclic) bond motifs is 1. The number of hydrogen-bond donors (Lipinski definition) is 0. The van der Waals surface area contributed by atoms with E-state index in [4.69, 9.17) is 5.53 Å². The number of pyridine rings is 1. The average Bonchev–Trinajstić information content (AvgIpc) is 3.27. The van der Waals surface area contributed by atoms with Crippen LogP contribution in [0.5, 0.6) is 0 Å². The molecule has 4 aromatic heterocycles. The molecule has 24 heavy (non-hydrogen) atoms. The molecule has 116 valence electrons. The van der Waals surface area contributed by atoms with E-state index in [0.29, 0.717) is 18.0 Å². The lowest BCUT2D eigenvalue weighted by atomic mass is 10.3. The quantitative estimate of drug-likeness (QED) is 0.322. The van der Waals surface area contributed by atoms with Crippen LogP contribution >= 0.6 is 11.3 Å². The highest BCUT2D eigenvalue weighted by atomic mass is 32.1. The van der Waals surface area contributed by atoms with E-state index in [1.165, 1.54) is 17.7 Å². The Bertz CT molecular complexity index is 1050. The van der Waals surface area contributed by atoms with Crippen molar-refractivity contribution in [1.29, 1.82) is 0 Å². The second-order valence-corrected chi connectivity index (χ2v) is 5.92. The summed E-state index contributed by atoms with van der Waals surface area (Å²) in [6.07, 6.45) is 8.36. The number of thiazole rings is 1. The first-order valence-electron chi connectivity index (χ1n) is 6.91. The Morgan fingerprint density at radius 3 is 2.92 bits per heavy atom. The second kappa shape index (κ2) is 6.03. The Kier molecular flexibility index (Phi) is 3.58. The van der Waals surface area contributed by atoms with Gasteiger partial charge in [-0.3, -0.25) is 0 Å². The van der Waals surface area contributed by atoms with E-state index < -0.39 is 0 Å². The Morgan fingerprint density at radius 1 is 1.21 bits per heavy atom. The van der Waals surface area contributed by atoms with E-state index in [0.717, 1.165) is 21.0 Å². The lowest BCUT2D eigenvalue weighted by Crippen LogP contribution is -1.88. The first-order valence-corrected chi connectivity index (χ1v) is 7.73. The fraction of sp³-hybridized carbons (Fsp3) is 0.0714. The van der Waals surface area contributed by atoms with Gasteiger partial charge < -0.3 is 0 Å². The van der Waals surface area contributed by atoms with Crippen molar-refractivity contribution in [2.45, 2.75) is 6.54 Å². The third-order valence-electron chi connectivity index (χ3n) is 3.25. The third kappa shape index (κ3) is 2.67. The summed E-state index contributed by atoms with van der Waals surface area (Å²) in [5, 5.41) is 8.81. The highest BCUT2D eigenvalue weighted by molar-refractivity contribution is 7.15. The molecule has 4 heterocycles. The molecule has 0 saturated carbocycles.